The van der Waals surface area contributed by atoms with E-state index >= 15 is 0 Å². The van der Waals surface area contributed by atoms with E-state index in [1.54, 1.807) is 25.3 Å². The standard InChI is InChI=1S/C31H30F2N2O3/c1-38-28-12-5-7-21(15-28)19-34-20-30(36)29(16-22-13-26(32)18-27(33)14-22)35-31(37)25-11-6-10-24(17-25)23-8-3-2-4-9-23/h2-15,17-18,29-30,34,36H,16,19-20H2,1H3,(H,35,37)/t29-,30+/m0/s1. The Hall–Kier alpha value is -4.07. The number of carbonyl (C=O) groups excluding carboxylic acids is 1. The highest BCUT2D eigenvalue weighted by atomic mass is 19.1. The Labute approximate surface area is 221 Å². The minimum Gasteiger partial charge on any atom is -0.497 e. The smallest absolute Gasteiger partial charge is 0.251 e. The maximum Gasteiger partial charge on any atom is 0.251 e. The van der Waals surface area contributed by atoms with Gasteiger partial charge in [-0.3, -0.25) is 4.79 Å². The Bertz CT molecular complexity index is 1340. The van der Waals surface area contributed by atoms with Gasteiger partial charge in [0, 0.05) is 24.7 Å². The third-order valence-corrected chi connectivity index (χ3v) is 6.21. The number of hydrogen-bond acceptors (Lipinski definition) is 4. The van der Waals surface area contributed by atoms with E-state index in [1.165, 1.54) is 12.1 Å². The number of halogens is 2. The summed E-state index contributed by atoms with van der Waals surface area (Å²) in [4.78, 5) is 13.2. The average Bonchev–Trinajstić information content (AvgIpc) is 2.92. The Morgan fingerprint density at radius 3 is 2.29 bits per heavy atom. The number of nitrogens with one attached hydrogen (secondary N) is 2. The van der Waals surface area contributed by atoms with Gasteiger partial charge in [-0.25, -0.2) is 8.78 Å². The van der Waals surface area contributed by atoms with Crippen LogP contribution in [0.3, 0.4) is 0 Å². The third kappa shape index (κ3) is 7.47. The van der Waals surface area contributed by atoms with Gasteiger partial charge in [0.2, 0.25) is 0 Å². The quantitative estimate of drug-likeness (QED) is 0.259. The number of ether oxygens (including phenoxy) is 1. The van der Waals surface area contributed by atoms with E-state index in [4.69, 9.17) is 4.74 Å². The fraction of sp³-hybridized carbons (Fsp3) is 0.194. The summed E-state index contributed by atoms with van der Waals surface area (Å²) in [6.45, 7) is 0.604. The van der Waals surface area contributed by atoms with Crippen LogP contribution in [0, 0.1) is 11.6 Å². The van der Waals surface area contributed by atoms with Crippen LogP contribution >= 0.6 is 0 Å². The molecule has 0 aliphatic carbocycles. The average molecular weight is 517 g/mol. The van der Waals surface area contributed by atoms with Crippen molar-refractivity contribution in [2.24, 2.45) is 0 Å². The first-order valence-electron chi connectivity index (χ1n) is 12.3. The molecular weight excluding hydrogens is 486 g/mol. The monoisotopic (exact) mass is 516 g/mol. The molecule has 0 radical (unpaired) electrons. The molecule has 0 saturated carbocycles. The van der Waals surface area contributed by atoms with Crippen LogP contribution in [-0.4, -0.2) is 36.8 Å². The van der Waals surface area contributed by atoms with Crippen molar-refractivity contribution in [3.05, 3.63) is 125 Å². The molecule has 0 aliphatic heterocycles. The molecule has 2 atom stereocenters. The molecule has 7 heteroatoms. The summed E-state index contributed by atoms with van der Waals surface area (Å²) in [5.41, 5.74) is 3.55. The van der Waals surface area contributed by atoms with E-state index in [0.717, 1.165) is 28.5 Å². The Morgan fingerprint density at radius 2 is 1.55 bits per heavy atom. The second-order valence-electron chi connectivity index (χ2n) is 9.06. The number of hydrogen-bond donors (Lipinski definition) is 3. The van der Waals surface area contributed by atoms with Crippen molar-refractivity contribution in [3.63, 3.8) is 0 Å². The molecule has 0 bridgehead atoms. The van der Waals surface area contributed by atoms with Crippen LogP contribution in [0.25, 0.3) is 11.1 Å². The van der Waals surface area contributed by atoms with E-state index in [9.17, 15) is 18.7 Å². The van der Waals surface area contributed by atoms with Crippen LogP contribution in [0.5, 0.6) is 5.75 Å². The molecule has 196 valence electrons. The highest BCUT2D eigenvalue weighted by molar-refractivity contribution is 5.95. The molecule has 0 fully saturated rings. The highest BCUT2D eigenvalue weighted by Crippen LogP contribution is 2.20. The van der Waals surface area contributed by atoms with Crippen LogP contribution < -0.4 is 15.4 Å². The van der Waals surface area contributed by atoms with Gasteiger partial charge < -0.3 is 20.5 Å². The summed E-state index contributed by atoms with van der Waals surface area (Å²) >= 11 is 0. The second kappa shape index (κ2) is 12.9. The molecule has 4 aromatic rings. The highest BCUT2D eigenvalue weighted by Gasteiger charge is 2.23. The molecule has 5 nitrogen and oxygen atoms in total. The summed E-state index contributed by atoms with van der Waals surface area (Å²) in [7, 11) is 1.59. The minimum atomic E-state index is -1.03. The summed E-state index contributed by atoms with van der Waals surface area (Å²) < 4.78 is 32.9. The summed E-state index contributed by atoms with van der Waals surface area (Å²) in [5, 5.41) is 17.1. The lowest BCUT2D eigenvalue weighted by atomic mass is 9.99. The van der Waals surface area contributed by atoms with Gasteiger partial charge in [-0.05, 0) is 65.1 Å². The van der Waals surface area contributed by atoms with Crippen molar-refractivity contribution in [1.82, 2.24) is 10.6 Å². The lowest BCUT2D eigenvalue weighted by Crippen LogP contribution is -2.48. The lowest BCUT2D eigenvalue weighted by molar-refractivity contribution is 0.0830. The normalized spacial score (nSPS) is 12.5. The first-order chi connectivity index (χ1) is 18.4. The molecule has 0 unspecified atom stereocenters. The zero-order valence-electron chi connectivity index (χ0n) is 21.0. The van der Waals surface area contributed by atoms with Gasteiger partial charge >= 0.3 is 0 Å². The molecule has 0 aliphatic rings. The molecule has 3 N–H and O–H groups in total. The number of aliphatic hydroxyl groups excluding tert-OH is 1. The van der Waals surface area contributed by atoms with Gasteiger partial charge in [-0.2, -0.15) is 0 Å². The van der Waals surface area contributed by atoms with Crippen LogP contribution in [0.15, 0.2) is 97.1 Å². The van der Waals surface area contributed by atoms with Crippen LogP contribution in [-0.2, 0) is 13.0 Å². The first kappa shape index (κ1) is 27.0. The van der Waals surface area contributed by atoms with Gasteiger partial charge in [0.05, 0.1) is 19.3 Å². The van der Waals surface area contributed by atoms with Gasteiger partial charge in [0.15, 0.2) is 0 Å². The molecule has 0 aromatic heterocycles. The largest absolute Gasteiger partial charge is 0.497 e. The second-order valence-corrected chi connectivity index (χ2v) is 9.06. The molecule has 0 saturated heterocycles. The summed E-state index contributed by atoms with van der Waals surface area (Å²) in [6.07, 6.45) is -0.992. The number of benzene rings is 4. The fourth-order valence-electron chi connectivity index (χ4n) is 4.28. The van der Waals surface area contributed by atoms with Gasteiger partial charge in [0.25, 0.3) is 5.91 Å². The van der Waals surface area contributed by atoms with E-state index in [0.29, 0.717) is 17.7 Å². The number of rotatable bonds is 11. The summed E-state index contributed by atoms with van der Waals surface area (Å²) in [5.74, 6) is -1.10. The molecule has 38 heavy (non-hydrogen) atoms. The Balaban J connectivity index is 1.49. The zero-order valence-corrected chi connectivity index (χ0v) is 21.0. The van der Waals surface area contributed by atoms with Crippen molar-refractivity contribution in [2.75, 3.05) is 13.7 Å². The molecule has 0 spiro atoms. The number of carbonyl (C=O) groups is 1. The van der Waals surface area contributed by atoms with Gasteiger partial charge in [0.1, 0.15) is 17.4 Å². The molecule has 4 aromatic carbocycles. The van der Waals surface area contributed by atoms with E-state index in [1.807, 2.05) is 60.7 Å². The topological polar surface area (TPSA) is 70.6 Å². The molecule has 4 rings (SSSR count). The Morgan fingerprint density at radius 1 is 0.842 bits per heavy atom. The predicted octanol–water partition coefficient (Wildman–Crippen LogP) is 5.13. The van der Waals surface area contributed by atoms with Crippen LogP contribution in [0.2, 0.25) is 0 Å². The van der Waals surface area contributed by atoms with Crippen LogP contribution in [0.4, 0.5) is 8.78 Å². The van der Waals surface area contributed by atoms with Crippen molar-refractivity contribution >= 4 is 5.91 Å². The first-order valence-corrected chi connectivity index (χ1v) is 12.3. The van der Waals surface area contributed by atoms with Crippen molar-refractivity contribution in [2.45, 2.75) is 25.1 Å². The van der Waals surface area contributed by atoms with Crippen molar-refractivity contribution in [3.8, 4) is 16.9 Å². The third-order valence-electron chi connectivity index (χ3n) is 6.21. The van der Waals surface area contributed by atoms with E-state index in [2.05, 4.69) is 10.6 Å². The Kier molecular flexibility index (Phi) is 9.19. The number of methoxy groups -OCH3 is 1. The fourth-order valence-corrected chi connectivity index (χ4v) is 4.28. The van der Waals surface area contributed by atoms with Crippen molar-refractivity contribution in [1.29, 1.82) is 0 Å². The molecule has 1 amide bonds. The maximum atomic E-state index is 13.9. The number of aliphatic hydroxyl groups is 1. The molecule has 0 heterocycles. The van der Waals surface area contributed by atoms with E-state index in [-0.39, 0.29) is 13.0 Å². The van der Waals surface area contributed by atoms with E-state index < -0.39 is 29.7 Å². The summed E-state index contributed by atoms with van der Waals surface area (Å²) in [6, 6.07) is 26.8. The maximum absolute atomic E-state index is 13.9. The van der Waals surface area contributed by atoms with Crippen LogP contribution in [0.1, 0.15) is 21.5 Å². The molecular formula is C31H30F2N2O3. The lowest BCUT2D eigenvalue weighted by Gasteiger charge is -2.25. The SMILES string of the molecule is COc1cccc(CNC[C@@H](O)[C@H](Cc2cc(F)cc(F)c2)NC(=O)c2cccc(-c3ccccc3)c2)c1. The zero-order chi connectivity index (χ0) is 26.9. The van der Waals surface area contributed by atoms with Gasteiger partial charge in [-0.15, -0.1) is 0 Å². The van der Waals surface area contributed by atoms with Gasteiger partial charge in [-0.1, -0.05) is 54.6 Å². The van der Waals surface area contributed by atoms with Crippen molar-refractivity contribution < 1.29 is 23.4 Å². The minimum absolute atomic E-state index is 0.0425. The number of amides is 1. The predicted molar refractivity (Wildman–Crippen MR) is 144 cm³/mol.